The van der Waals surface area contributed by atoms with E-state index in [9.17, 15) is 0 Å². The first kappa shape index (κ1) is 12.7. The zero-order chi connectivity index (χ0) is 11.6. The summed E-state index contributed by atoms with van der Waals surface area (Å²) in [6.07, 6.45) is 0. The predicted octanol–water partition coefficient (Wildman–Crippen LogP) is 3.74. The van der Waals surface area contributed by atoms with Crippen LogP contribution in [0.15, 0.2) is 12.1 Å². The molecule has 15 heavy (non-hydrogen) atoms. The van der Waals surface area contributed by atoms with Crippen LogP contribution in [0.5, 0.6) is 0 Å². The van der Waals surface area contributed by atoms with Gasteiger partial charge >= 0.3 is 0 Å². The van der Waals surface area contributed by atoms with E-state index in [0.717, 1.165) is 0 Å². The molecule has 0 aliphatic carbocycles. The molecular weight excluding hydrogens is 252 g/mol. The van der Waals surface area contributed by atoms with Gasteiger partial charge in [0.25, 0.3) is 0 Å². The van der Waals surface area contributed by atoms with Crippen molar-refractivity contribution < 1.29 is 0 Å². The third kappa shape index (κ3) is 3.93. The summed E-state index contributed by atoms with van der Waals surface area (Å²) < 4.78 is 0. The molecule has 0 aromatic heterocycles. The largest absolute Gasteiger partial charge is 0.316 e. The molecule has 0 heterocycles. The summed E-state index contributed by atoms with van der Waals surface area (Å²) >= 11 is 17.7. The number of rotatable bonds is 0. The van der Waals surface area contributed by atoms with Crippen LogP contribution >= 0.6 is 34.8 Å². The van der Waals surface area contributed by atoms with Gasteiger partial charge in [0.2, 0.25) is 0 Å². The van der Waals surface area contributed by atoms with E-state index in [2.05, 4.69) is 11.8 Å². The van der Waals surface area contributed by atoms with E-state index in [1.165, 1.54) is 0 Å². The average Bonchev–Trinajstić information content (AvgIpc) is 1.99. The van der Waals surface area contributed by atoms with Crippen LogP contribution in [0, 0.1) is 11.8 Å². The summed E-state index contributed by atoms with van der Waals surface area (Å²) in [6.45, 7) is 3.61. The first-order chi connectivity index (χ1) is 6.79. The molecule has 1 aromatic carbocycles. The Morgan fingerprint density at radius 1 is 1.13 bits per heavy atom. The number of hydrogen-bond donors (Lipinski definition) is 1. The lowest BCUT2D eigenvalue weighted by molar-refractivity contribution is 0.680. The fraction of sp³-hybridized carbons (Fsp3) is 0.273. The van der Waals surface area contributed by atoms with Crippen molar-refractivity contribution in [3.63, 3.8) is 0 Å². The van der Waals surface area contributed by atoms with Crippen molar-refractivity contribution in [3.8, 4) is 11.8 Å². The topological polar surface area (TPSA) is 26.0 Å². The van der Waals surface area contributed by atoms with Crippen LogP contribution in [0.3, 0.4) is 0 Å². The van der Waals surface area contributed by atoms with E-state index in [4.69, 9.17) is 40.5 Å². The van der Waals surface area contributed by atoms with Gasteiger partial charge in [-0.15, -0.1) is 0 Å². The lowest BCUT2D eigenvalue weighted by Gasteiger charge is -2.08. The van der Waals surface area contributed by atoms with E-state index < -0.39 is 5.54 Å². The second-order valence-corrected chi connectivity index (χ2v) is 4.97. The van der Waals surface area contributed by atoms with E-state index in [1.807, 2.05) is 0 Å². The van der Waals surface area contributed by atoms with Crippen LogP contribution < -0.4 is 5.73 Å². The first-order valence-corrected chi connectivity index (χ1v) is 5.39. The van der Waals surface area contributed by atoms with Crippen LogP contribution in [0.1, 0.15) is 19.4 Å². The summed E-state index contributed by atoms with van der Waals surface area (Å²) in [5.74, 6) is 5.71. The summed E-state index contributed by atoms with van der Waals surface area (Å²) in [7, 11) is 0. The average molecular weight is 263 g/mol. The maximum Gasteiger partial charge on any atom is 0.0722 e. The van der Waals surface area contributed by atoms with Gasteiger partial charge in [-0.2, -0.15) is 0 Å². The summed E-state index contributed by atoms with van der Waals surface area (Å²) in [4.78, 5) is 0. The Bertz CT molecular complexity index is 412. The Morgan fingerprint density at radius 2 is 1.60 bits per heavy atom. The number of benzene rings is 1. The second-order valence-electron chi connectivity index (χ2n) is 3.72. The van der Waals surface area contributed by atoms with E-state index in [1.54, 1.807) is 26.0 Å². The van der Waals surface area contributed by atoms with Crippen molar-refractivity contribution >= 4 is 34.8 Å². The normalized spacial score (nSPS) is 10.8. The highest BCUT2D eigenvalue weighted by Crippen LogP contribution is 2.28. The molecule has 0 aliphatic rings. The third-order valence-electron chi connectivity index (χ3n) is 1.52. The van der Waals surface area contributed by atoms with E-state index in [0.29, 0.717) is 20.6 Å². The molecule has 1 rings (SSSR count). The van der Waals surface area contributed by atoms with Crippen molar-refractivity contribution in [2.75, 3.05) is 0 Å². The van der Waals surface area contributed by atoms with Gasteiger partial charge < -0.3 is 5.73 Å². The Morgan fingerprint density at radius 3 is 2.00 bits per heavy atom. The molecule has 0 spiro atoms. The molecule has 0 bridgehead atoms. The highest BCUT2D eigenvalue weighted by Gasteiger charge is 2.07. The fourth-order valence-corrected chi connectivity index (χ4v) is 1.80. The zero-order valence-corrected chi connectivity index (χ0v) is 10.6. The molecule has 0 unspecified atom stereocenters. The third-order valence-corrected chi connectivity index (χ3v) is 2.33. The summed E-state index contributed by atoms with van der Waals surface area (Å²) in [5.41, 5.74) is 5.71. The number of nitrogens with two attached hydrogens (primary N) is 1. The minimum absolute atomic E-state index is 0.434. The molecule has 2 N–H and O–H groups in total. The summed E-state index contributed by atoms with van der Waals surface area (Å²) in [5, 5.41) is 1.36. The Kier molecular flexibility index (Phi) is 3.92. The van der Waals surface area contributed by atoms with E-state index >= 15 is 0 Å². The molecular formula is C11H10Cl3N. The molecule has 0 fully saturated rings. The zero-order valence-electron chi connectivity index (χ0n) is 8.37. The van der Waals surface area contributed by atoms with Gasteiger partial charge in [0, 0.05) is 5.02 Å². The monoisotopic (exact) mass is 261 g/mol. The summed E-state index contributed by atoms with van der Waals surface area (Å²) in [6, 6.07) is 3.20. The first-order valence-electron chi connectivity index (χ1n) is 4.26. The predicted molar refractivity (Wildman–Crippen MR) is 66.6 cm³/mol. The molecule has 0 aliphatic heterocycles. The minimum Gasteiger partial charge on any atom is -0.316 e. The molecule has 4 heteroatoms. The number of halogens is 3. The van der Waals surface area contributed by atoms with Gasteiger partial charge in [-0.1, -0.05) is 46.6 Å². The standard InChI is InChI=1S/C11H10Cl3N/c1-11(2,15)4-3-8-9(13)5-7(12)6-10(8)14/h5-6H,15H2,1-2H3. The van der Waals surface area contributed by atoms with Crippen molar-refractivity contribution in [2.45, 2.75) is 19.4 Å². The van der Waals surface area contributed by atoms with Crippen LogP contribution in [-0.2, 0) is 0 Å². The van der Waals surface area contributed by atoms with Crippen LogP contribution in [-0.4, -0.2) is 5.54 Å². The Balaban J connectivity index is 3.20. The van der Waals surface area contributed by atoms with Crippen molar-refractivity contribution in [2.24, 2.45) is 5.73 Å². The molecule has 0 atom stereocenters. The van der Waals surface area contributed by atoms with E-state index in [-0.39, 0.29) is 0 Å². The van der Waals surface area contributed by atoms with Crippen molar-refractivity contribution in [3.05, 3.63) is 32.8 Å². The molecule has 80 valence electrons. The second kappa shape index (κ2) is 4.63. The number of hydrogen-bond acceptors (Lipinski definition) is 1. The lowest BCUT2D eigenvalue weighted by Crippen LogP contribution is -2.29. The van der Waals surface area contributed by atoms with Gasteiger partial charge in [-0.3, -0.25) is 0 Å². The van der Waals surface area contributed by atoms with Gasteiger partial charge in [-0.05, 0) is 26.0 Å². The molecule has 1 aromatic rings. The highest BCUT2D eigenvalue weighted by molar-refractivity contribution is 6.39. The van der Waals surface area contributed by atoms with Crippen molar-refractivity contribution in [1.82, 2.24) is 0 Å². The van der Waals surface area contributed by atoms with Gasteiger partial charge in [-0.25, -0.2) is 0 Å². The Labute approximate surface area is 105 Å². The van der Waals surface area contributed by atoms with Gasteiger partial charge in [0.05, 0.1) is 21.1 Å². The van der Waals surface area contributed by atoms with Gasteiger partial charge in [0.1, 0.15) is 0 Å². The molecule has 0 saturated carbocycles. The maximum atomic E-state index is 5.95. The minimum atomic E-state index is -0.577. The van der Waals surface area contributed by atoms with Crippen LogP contribution in [0.25, 0.3) is 0 Å². The van der Waals surface area contributed by atoms with Crippen molar-refractivity contribution in [1.29, 1.82) is 0 Å². The smallest absolute Gasteiger partial charge is 0.0722 e. The molecule has 1 nitrogen and oxygen atoms in total. The highest BCUT2D eigenvalue weighted by atomic mass is 35.5. The maximum absolute atomic E-state index is 5.95. The Hall–Kier alpha value is -0.390. The quantitative estimate of drug-likeness (QED) is 0.708. The molecule has 0 amide bonds. The molecule has 0 radical (unpaired) electrons. The molecule has 0 saturated heterocycles. The van der Waals surface area contributed by atoms with Crippen LogP contribution in [0.4, 0.5) is 0 Å². The fourth-order valence-electron chi connectivity index (χ4n) is 0.885. The van der Waals surface area contributed by atoms with Gasteiger partial charge in [0.15, 0.2) is 0 Å². The lowest BCUT2D eigenvalue weighted by atomic mass is 10.1. The van der Waals surface area contributed by atoms with Crippen LogP contribution in [0.2, 0.25) is 15.1 Å². The SMILES string of the molecule is CC(C)(N)C#Cc1c(Cl)cc(Cl)cc1Cl.